The Kier molecular flexibility index (Phi) is 4.13. The van der Waals surface area contributed by atoms with Crippen molar-refractivity contribution in [1.82, 2.24) is 4.72 Å². The van der Waals surface area contributed by atoms with Crippen molar-refractivity contribution < 1.29 is 18.3 Å². The molecule has 0 aliphatic carbocycles. The van der Waals surface area contributed by atoms with Crippen LogP contribution in [0.2, 0.25) is 5.02 Å². The third-order valence-corrected chi connectivity index (χ3v) is 4.30. The zero-order valence-electron chi connectivity index (χ0n) is 9.27. The molecular formula is C10H12ClNO4S. The highest BCUT2D eigenvalue weighted by Crippen LogP contribution is 2.22. The van der Waals surface area contributed by atoms with E-state index >= 15 is 0 Å². The minimum Gasteiger partial charge on any atom is -0.480 e. The molecule has 1 aromatic carbocycles. The number of carbonyl (C=O) groups is 1. The van der Waals surface area contributed by atoms with Crippen molar-refractivity contribution in [3.05, 3.63) is 28.8 Å². The highest BCUT2D eigenvalue weighted by Gasteiger charge is 2.23. The second-order valence-electron chi connectivity index (χ2n) is 3.54. The number of aliphatic carboxylic acids is 1. The zero-order valence-corrected chi connectivity index (χ0v) is 10.8. The molecule has 0 radical (unpaired) electrons. The van der Waals surface area contributed by atoms with Gasteiger partial charge in [0, 0.05) is 5.02 Å². The fraction of sp³-hybridized carbons (Fsp3) is 0.300. The molecule has 5 nitrogen and oxygen atoms in total. The van der Waals surface area contributed by atoms with Crippen LogP contribution in [0.15, 0.2) is 23.1 Å². The van der Waals surface area contributed by atoms with Gasteiger partial charge in [0.1, 0.15) is 6.04 Å². The van der Waals surface area contributed by atoms with Crippen molar-refractivity contribution in [2.75, 3.05) is 0 Å². The topological polar surface area (TPSA) is 83.5 Å². The van der Waals surface area contributed by atoms with Crippen molar-refractivity contribution in [1.29, 1.82) is 0 Å². The predicted octanol–water partition coefficient (Wildman–Crippen LogP) is 1.40. The molecule has 0 saturated carbocycles. The standard InChI is InChI=1S/C10H12ClNO4S/c1-6-8(11)4-3-5-9(6)17(15,16)12-7(2)10(13)14/h3-5,7,12H,1-2H3,(H,13,14)/t7-/m0/s1. The molecule has 2 N–H and O–H groups in total. The number of halogens is 1. The van der Waals surface area contributed by atoms with Gasteiger partial charge in [0.15, 0.2) is 0 Å². The van der Waals surface area contributed by atoms with Crippen LogP contribution < -0.4 is 4.72 Å². The molecular weight excluding hydrogens is 266 g/mol. The third kappa shape index (κ3) is 3.18. The van der Waals surface area contributed by atoms with E-state index in [1.54, 1.807) is 13.0 Å². The van der Waals surface area contributed by atoms with Crippen LogP contribution in [0.1, 0.15) is 12.5 Å². The Balaban J connectivity index is 3.14. The minimum absolute atomic E-state index is 0.0156. The number of carboxylic acids is 1. The Morgan fingerprint density at radius 3 is 2.59 bits per heavy atom. The normalized spacial score (nSPS) is 13.4. The van der Waals surface area contributed by atoms with Gasteiger partial charge in [-0.15, -0.1) is 0 Å². The first kappa shape index (κ1) is 14.0. The highest BCUT2D eigenvalue weighted by molar-refractivity contribution is 7.89. The fourth-order valence-corrected chi connectivity index (χ4v) is 2.92. The molecule has 0 fully saturated rings. The van der Waals surface area contributed by atoms with Gasteiger partial charge in [-0.3, -0.25) is 4.79 Å². The molecule has 94 valence electrons. The first-order valence-corrected chi connectivity index (χ1v) is 6.62. The molecule has 0 saturated heterocycles. The number of nitrogens with one attached hydrogen (secondary N) is 1. The number of carboxylic acid groups (broad SMARTS) is 1. The van der Waals surface area contributed by atoms with Crippen LogP contribution in [0, 0.1) is 6.92 Å². The molecule has 0 aliphatic rings. The number of sulfonamides is 1. The summed E-state index contributed by atoms with van der Waals surface area (Å²) >= 11 is 5.81. The maximum absolute atomic E-state index is 11.9. The van der Waals surface area contributed by atoms with Crippen molar-refractivity contribution in [3.8, 4) is 0 Å². The van der Waals surface area contributed by atoms with Gasteiger partial charge in [0.25, 0.3) is 0 Å². The lowest BCUT2D eigenvalue weighted by Gasteiger charge is -2.12. The van der Waals surface area contributed by atoms with Gasteiger partial charge in [-0.05, 0) is 31.5 Å². The van der Waals surface area contributed by atoms with Crippen LogP contribution in [0.25, 0.3) is 0 Å². The average Bonchev–Trinajstić information content (AvgIpc) is 2.21. The van der Waals surface area contributed by atoms with Crippen LogP contribution in [0.3, 0.4) is 0 Å². The van der Waals surface area contributed by atoms with Gasteiger partial charge in [-0.2, -0.15) is 4.72 Å². The average molecular weight is 278 g/mol. The van der Waals surface area contributed by atoms with E-state index in [0.717, 1.165) is 0 Å². The fourth-order valence-electron chi connectivity index (χ4n) is 1.23. The summed E-state index contributed by atoms with van der Waals surface area (Å²) in [7, 11) is -3.87. The van der Waals surface area contributed by atoms with Crippen LogP contribution in [-0.2, 0) is 14.8 Å². The summed E-state index contributed by atoms with van der Waals surface area (Å²) in [4.78, 5) is 10.6. The Bertz CT molecular complexity index is 541. The van der Waals surface area contributed by atoms with E-state index in [9.17, 15) is 13.2 Å². The Labute approximate surface area is 104 Å². The molecule has 1 aromatic rings. The lowest BCUT2D eigenvalue weighted by molar-refractivity contribution is -0.138. The molecule has 0 aromatic heterocycles. The quantitative estimate of drug-likeness (QED) is 0.871. The van der Waals surface area contributed by atoms with E-state index in [1.807, 2.05) is 0 Å². The van der Waals surface area contributed by atoms with Crippen molar-refractivity contribution >= 4 is 27.6 Å². The maximum atomic E-state index is 11.9. The molecule has 1 rings (SSSR count). The van der Waals surface area contributed by atoms with Gasteiger partial charge in [0.05, 0.1) is 4.90 Å². The van der Waals surface area contributed by atoms with Crippen molar-refractivity contribution in [2.24, 2.45) is 0 Å². The smallest absolute Gasteiger partial charge is 0.321 e. The molecule has 0 heterocycles. The molecule has 0 bridgehead atoms. The van der Waals surface area contributed by atoms with Gasteiger partial charge in [-0.25, -0.2) is 8.42 Å². The zero-order chi connectivity index (χ0) is 13.2. The van der Waals surface area contributed by atoms with Crippen molar-refractivity contribution in [2.45, 2.75) is 24.8 Å². The number of hydrogen-bond acceptors (Lipinski definition) is 3. The van der Waals surface area contributed by atoms with Crippen molar-refractivity contribution in [3.63, 3.8) is 0 Å². The SMILES string of the molecule is Cc1c(Cl)cccc1S(=O)(=O)N[C@@H](C)C(=O)O. The number of benzene rings is 1. The van der Waals surface area contributed by atoms with Crippen LogP contribution in [0.4, 0.5) is 0 Å². The Hall–Kier alpha value is -1.11. The second-order valence-corrected chi connectivity index (χ2v) is 5.63. The molecule has 7 heteroatoms. The van der Waals surface area contributed by atoms with E-state index in [1.165, 1.54) is 19.1 Å². The largest absolute Gasteiger partial charge is 0.480 e. The summed E-state index contributed by atoms with van der Waals surface area (Å²) in [5.41, 5.74) is 0.388. The summed E-state index contributed by atoms with van der Waals surface area (Å²) in [6.45, 7) is 2.81. The van der Waals surface area contributed by atoms with E-state index in [2.05, 4.69) is 4.72 Å². The molecule has 0 spiro atoms. The predicted molar refractivity (Wildman–Crippen MR) is 63.6 cm³/mol. The van der Waals surface area contributed by atoms with Gasteiger partial charge < -0.3 is 5.11 Å². The van der Waals surface area contributed by atoms with E-state index in [0.29, 0.717) is 10.6 Å². The van der Waals surface area contributed by atoms with Gasteiger partial charge >= 0.3 is 5.97 Å². The third-order valence-electron chi connectivity index (χ3n) is 2.21. The van der Waals surface area contributed by atoms with E-state index < -0.39 is 22.0 Å². The lowest BCUT2D eigenvalue weighted by Crippen LogP contribution is -2.38. The monoisotopic (exact) mass is 277 g/mol. The minimum atomic E-state index is -3.87. The first-order chi connectivity index (χ1) is 7.75. The van der Waals surface area contributed by atoms with E-state index in [4.69, 9.17) is 16.7 Å². The molecule has 17 heavy (non-hydrogen) atoms. The number of hydrogen-bond donors (Lipinski definition) is 2. The van der Waals surface area contributed by atoms with Gasteiger partial charge in [-0.1, -0.05) is 17.7 Å². The molecule has 1 atom stereocenters. The Morgan fingerprint density at radius 1 is 1.47 bits per heavy atom. The maximum Gasteiger partial charge on any atom is 0.321 e. The Morgan fingerprint density at radius 2 is 2.06 bits per heavy atom. The lowest BCUT2D eigenvalue weighted by atomic mass is 10.2. The molecule has 0 aliphatic heterocycles. The van der Waals surface area contributed by atoms with Gasteiger partial charge in [0.2, 0.25) is 10.0 Å². The summed E-state index contributed by atoms with van der Waals surface area (Å²) in [5.74, 6) is -1.24. The van der Waals surface area contributed by atoms with Crippen LogP contribution in [0.5, 0.6) is 0 Å². The van der Waals surface area contributed by atoms with E-state index in [-0.39, 0.29) is 4.90 Å². The molecule has 0 amide bonds. The molecule has 0 unspecified atom stereocenters. The first-order valence-electron chi connectivity index (χ1n) is 4.76. The summed E-state index contributed by atoms with van der Waals surface area (Å²) in [5, 5.41) is 8.98. The summed E-state index contributed by atoms with van der Waals surface area (Å²) < 4.78 is 25.8. The number of rotatable bonds is 4. The van der Waals surface area contributed by atoms with Crippen LogP contribution in [-0.4, -0.2) is 25.5 Å². The van der Waals surface area contributed by atoms with Crippen LogP contribution >= 0.6 is 11.6 Å². The summed E-state index contributed by atoms with van der Waals surface area (Å²) in [6, 6.07) is 3.24. The summed E-state index contributed by atoms with van der Waals surface area (Å²) in [6.07, 6.45) is 0. The second kappa shape index (κ2) is 5.03. The highest BCUT2D eigenvalue weighted by atomic mass is 35.5.